The molecule has 0 aliphatic heterocycles. The van der Waals surface area contributed by atoms with Crippen LogP contribution in [0.1, 0.15) is 5.69 Å². The number of ether oxygens (including phenoxy) is 1. The van der Waals surface area contributed by atoms with Crippen molar-refractivity contribution >= 4 is 17.5 Å². The van der Waals surface area contributed by atoms with Gasteiger partial charge in [0.05, 0.1) is 17.9 Å². The van der Waals surface area contributed by atoms with Gasteiger partial charge < -0.3 is 10.1 Å². The molecule has 0 radical (unpaired) electrons. The van der Waals surface area contributed by atoms with E-state index in [9.17, 15) is 9.18 Å². The highest BCUT2D eigenvalue weighted by atomic mass is 35.5. The summed E-state index contributed by atoms with van der Waals surface area (Å²) < 4.78 is 18.4. The van der Waals surface area contributed by atoms with Crippen LogP contribution in [0.4, 0.5) is 4.39 Å². The second kappa shape index (κ2) is 8.40. The fraction of sp³-hybridized carbons (Fsp3) is 0.105. The molecule has 5 nitrogen and oxygen atoms in total. The Morgan fingerprint density at radius 2 is 1.92 bits per heavy atom. The minimum Gasteiger partial charge on any atom is -0.484 e. The lowest BCUT2D eigenvalue weighted by Crippen LogP contribution is -2.28. The number of hydrogen-bond donors (Lipinski definition) is 1. The largest absolute Gasteiger partial charge is 0.484 e. The molecule has 7 heteroatoms. The number of rotatable bonds is 6. The number of benzene rings is 2. The monoisotopic (exact) mass is 371 g/mol. The first-order valence-corrected chi connectivity index (χ1v) is 8.20. The van der Waals surface area contributed by atoms with E-state index in [1.54, 1.807) is 42.5 Å². The smallest absolute Gasteiger partial charge is 0.258 e. The van der Waals surface area contributed by atoms with Crippen LogP contribution in [0.25, 0.3) is 11.3 Å². The molecule has 3 rings (SSSR count). The van der Waals surface area contributed by atoms with E-state index in [1.807, 2.05) is 0 Å². The standard InChI is InChI=1S/C19H15ClFN3O2/c20-14-2-1-3-17(8-14)26-11-19(25)22-10-16-9-18(24-12-23-16)13-4-6-15(21)7-5-13/h1-9,12H,10-11H2,(H,22,25). The Labute approximate surface area is 154 Å². The average Bonchev–Trinajstić information content (AvgIpc) is 2.66. The molecule has 0 saturated heterocycles. The first-order valence-electron chi connectivity index (χ1n) is 7.82. The summed E-state index contributed by atoms with van der Waals surface area (Å²) in [4.78, 5) is 20.2. The Hall–Kier alpha value is -2.99. The van der Waals surface area contributed by atoms with E-state index in [0.717, 1.165) is 5.56 Å². The van der Waals surface area contributed by atoms with Crippen LogP contribution in [-0.2, 0) is 11.3 Å². The Morgan fingerprint density at radius 1 is 1.12 bits per heavy atom. The third-order valence-corrected chi connectivity index (χ3v) is 3.73. The summed E-state index contributed by atoms with van der Waals surface area (Å²) >= 11 is 5.86. The van der Waals surface area contributed by atoms with Gasteiger partial charge in [-0.3, -0.25) is 4.79 Å². The zero-order valence-electron chi connectivity index (χ0n) is 13.7. The fourth-order valence-electron chi connectivity index (χ4n) is 2.22. The molecule has 1 heterocycles. The molecule has 0 bridgehead atoms. The van der Waals surface area contributed by atoms with Crippen molar-refractivity contribution in [2.24, 2.45) is 0 Å². The molecule has 0 aliphatic rings. The maximum atomic E-state index is 13.0. The van der Waals surface area contributed by atoms with E-state index in [1.165, 1.54) is 18.5 Å². The van der Waals surface area contributed by atoms with Gasteiger partial charge >= 0.3 is 0 Å². The maximum absolute atomic E-state index is 13.0. The number of amides is 1. The van der Waals surface area contributed by atoms with Gasteiger partial charge in [0.25, 0.3) is 5.91 Å². The Bertz CT molecular complexity index is 903. The topological polar surface area (TPSA) is 64.1 Å². The number of halogens is 2. The van der Waals surface area contributed by atoms with Crippen molar-refractivity contribution < 1.29 is 13.9 Å². The summed E-state index contributed by atoms with van der Waals surface area (Å²) in [7, 11) is 0. The van der Waals surface area contributed by atoms with E-state index in [0.29, 0.717) is 22.2 Å². The first kappa shape index (κ1) is 17.8. The molecule has 0 unspecified atom stereocenters. The van der Waals surface area contributed by atoms with E-state index < -0.39 is 0 Å². The van der Waals surface area contributed by atoms with E-state index in [4.69, 9.17) is 16.3 Å². The normalized spacial score (nSPS) is 10.4. The molecule has 0 fully saturated rings. The molecular weight excluding hydrogens is 357 g/mol. The average molecular weight is 372 g/mol. The predicted molar refractivity (Wildman–Crippen MR) is 96.2 cm³/mol. The van der Waals surface area contributed by atoms with Gasteiger partial charge in [-0.2, -0.15) is 0 Å². The SMILES string of the molecule is O=C(COc1cccc(Cl)c1)NCc1cc(-c2ccc(F)cc2)ncn1. The van der Waals surface area contributed by atoms with Crippen molar-refractivity contribution in [1.82, 2.24) is 15.3 Å². The van der Waals surface area contributed by atoms with E-state index in [-0.39, 0.29) is 24.9 Å². The Kier molecular flexibility index (Phi) is 5.76. The third-order valence-electron chi connectivity index (χ3n) is 3.50. The molecule has 1 N–H and O–H groups in total. The summed E-state index contributed by atoms with van der Waals surface area (Å²) in [5, 5.41) is 3.26. The molecule has 0 aliphatic carbocycles. The molecule has 0 atom stereocenters. The Morgan fingerprint density at radius 3 is 2.69 bits per heavy atom. The highest BCUT2D eigenvalue weighted by Crippen LogP contribution is 2.18. The number of carbonyl (C=O) groups is 1. The number of nitrogens with one attached hydrogen (secondary N) is 1. The van der Waals surface area contributed by atoms with Crippen LogP contribution in [0.2, 0.25) is 5.02 Å². The number of carbonyl (C=O) groups excluding carboxylic acids is 1. The number of nitrogens with zero attached hydrogens (tertiary/aromatic N) is 2. The summed E-state index contributed by atoms with van der Waals surface area (Å²) in [6, 6.07) is 14.6. The molecule has 0 saturated carbocycles. The van der Waals surface area contributed by atoms with Gasteiger partial charge in [0.2, 0.25) is 0 Å². The van der Waals surface area contributed by atoms with Gasteiger partial charge in [0.15, 0.2) is 6.61 Å². The summed E-state index contributed by atoms with van der Waals surface area (Å²) in [5.41, 5.74) is 2.06. The van der Waals surface area contributed by atoms with Gasteiger partial charge in [0, 0.05) is 10.6 Å². The highest BCUT2D eigenvalue weighted by molar-refractivity contribution is 6.30. The lowest BCUT2D eigenvalue weighted by atomic mass is 10.1. The van der Waals surface area contributed by atoms with Gasteiger partial charge in [-0.1, -0.05) is 17.7 Å². The van der Waals surface area contributed by atoms with Gasteiger partial charge in [-0.25, -0.2) is 14.4 Å². The second-order valence-corrected chi connectivity index (χ2v) is 5.86. The van der Waals surface area contributed by atoms with Crippen LogP contribution in [0.15, 0.2) is 60.9 Å². The summed E-state index contributed by atoms with van der Waals surface area (Å²) in [6.07, 6.45) is 1.41. The minimum atomic E-state index is -0.310. The summed E-state index contributed by atoms with van der Waals surface area (Å²) in [5.74, 6) is -0.0739. The maximum Gasteiger partial charge on any atom is 0.258 e. The zero-order valence-corrected chi connectivity index (χ0v) is 14.4. The van der Waals surface area contributed by atoms with Crippen LogP contribution >= 0.6 is 11.6 Å². The van der Waals surface area contributed by atoms with Crippen LogP contribution < -0.4 is 10.1 Å². The molecular formula is C19H15ClFN3O2. The molecule has 2 aromatic carbocycles. The molecule has 1 amide bonds. The van der Waals surface area contributed by atoms with Crippen LogP contribution in [-0.4, -0.2) is 22.5 Å². The quantitative estimate of drug-likeness (QED) is 0.718. The highest BCUT2D eigenvalue weighted by Gasteiger charge is 2.06. The first-order chi connectivity index (χ1) is 12.6. The van der Waals surface area contributed by atoms with Gasteiger partial charge in [-0.15, -0.1) is 0 Å². The molecule has 0 spiro atoms. The van der Waals surface area contributed by atoms with Crippen molar-refractivity contribution in [3.63, 3.8) is 0 Å². The van der Waals surface area contributed by atoms with Crippen molar-refractivity contribution in [1.29, 1.82) is 0 Å². The fourth-order valence-corrected chi connectivity index (χ4v) is 2.40. The minimum absolute atomic E-state index is 0.129. The van der Waals surface area contributed by atoms with Crippen LogP contribution in [0, 0.1) is 5.82 Å². The van der Waals surface area contributed by atoms with Gasteiger partial charge in [-0.05, 0) is 48.5 Å². The number of hydrogen-bond acceptors (Lipinski definition) is 4. The zero-order chi connectivity index (χ0) is 18.4. The van der Waals surface area contributed by atoms with E-state index in [2.05, 4.69) is 15.3 Å². The van der Waals surface area contributed by atoms with Crippen molar-refractivity contribution in [2.45, 2.75) is 6.54 Å². The van der Waals surface area contributed by atoms with Crippen molar-refractivity contribution in [2.75, 3.05) is 6.61 Å². The Balaban J connectivity index is 1.55. The van der Waals surface area contributed by atoms with Crippen molar-refractivity contribution in [3.05, 3.63) is 77.5 Å². The van der Waals surface area contributed by atoms with E-state index >= 15 is 0 Å². The molecule has 132 valence electrons. The lowest BCUT2D eigenvalue weighted by molar-refractivity contribution is -0.123. The number of aromatic nitrogens is 2. The lowest BCUT2D eigenvalue weighted by Gasteiger charge is -2.08. The predicted octanol–water partition coefficient (Wildman–Crippen LogP) is 3.63. The second-order valence-electron chi connectivity index (χ2n) is 5.42. The molecule has 26 heavy (non-hydrogen) atoms. The third kappa shape index (κ3) is 5.00. The summed E-state index contributed by atoms with van der Waals surface area (Å²) in [6.45, 7) is 0.102. The molecule has 1 aromatic heterocycles. The van der Waals surface area contributed by atoms with Crippen molar-refractivity contribution in [3.8, 4) is 17.0 Å². The molecule has 3 aromatic rings. The van der Waals surface area contributed by atoms with Gasteiger partial charge in [0.1, 0.15) is 17.9 Å². The van der Waals surface area contributed by atoms with Crippen LogP contribution in [0.5, 0.6) is 5.75 Å². The van der Waals surface area contributed by atoms with Crippen LogP contribution in [0.3, 0.4) is 0 Å².